The Morgan fingerprint density at radius 1 is 1.07 bits per heavy atom. The number of nitrogens with one attached hydrogen (secondary N) is 2. The van der Waals surface area contributed by atoms with E-state index in [1.165, 1.54) is 12.3 Å². The zero-order valence-corrected chi connectivity index (χ0v) is 15.8. The summed E-state index contributed by atoms with van der Waals surface area (Å²) in [5, 5.41) is 9.95. The zero-order chi connectivity index (χ0) is 19.4. The minimum Gasteiger partial charge on any atom is -0.340 e. The Kier molecular flexibility index (Phi) is 5.78. The van der Waals surface area contributed by atoms with Crippen LogP contribution in [-0.2, 0) is 4.79 Å². The molecule has 0 bridgehead atoms. The second kappa shape index (κ2) is 8.24. The summed E-state index contributed by atoms with van der Waals surface area (Å²) < 4.78 is 1.64. The topological polar surface area (TPSA) is 76.0 Å². The van der Waals surface area contributed by atoms with E-state index in [2.05, 4.69) is 15.7 Å². The molecule has 2 N–H and O–H groups in total. The summed E-state index contributed by atoms with van der Waals surface area (Å²) in [5.41, 5.74) is 1.60. The molecule has 1 unspecified atom stereocenters. The van der Waals surface area contributed by atoms with Crippen molar-refractivity contribution in [1.29, 1.82) is 0 Å². The van der Waals surface area contributed by atoms with Gasteiger partial charge in [-0.15, -0.1) is 0 Å². The van der Waals surface area contributed by atoms with Gasteiger partial charge in [-0.05, 0) is 31.2 Å². The summed E-state index contributed by atoms with van der Waals surface area (Å²) in [5.74, 6) is -0.862. The lowest BCUT2D eigenvalue weighted by atomic mass is 10.2. The number of benzene rings is 2. The summed E-state index contributed by atoms with van der Waals surface area (Å²) in [4.78, 5) is 24.7. The van der Waals surface area contributed by atoms with E-state index in [9.17, 15) is 9.59 Å². The van der Waals surface area contributed by atoms with Gasteiger partial charge in [0.25, 0.3) is 5.91 Å². The lowest BCUT2D eigenvalue weighted by Gasteiger charge is -2.14. The molecule has 2 aromatic carbocycles. The van der Waals surface area contributed by atoms with Crippen LogP contribution in [0.4, 0.5) is 5.69 Å². The minimum absolute atomic E-state index is 0.147. The predicted molar refractivity (Wildman–Crippen MR) is 106 cm³/mol. The Morgan fingerprint density at radius 2 is 1.81 bits per heavy atom. The molecule has 0 radical (unpaired) electrons. The molecule has 0 aliphatic heterocycles. The highest BCUT2D eigenvalue weighted by Gasteiger charge is 2.19. The molecule has 1 heterocycles. The molecule has 0 spiro atoms. The lowest BCUT2D eigenvalue weighted by Crippen LogP contribution is -2.41. The first-order valence-electron chi connectivity index (χ1n) is 8.11. The van der Waals surface area contributed by atoms with Gasteiger partial charge in [-0.3, -0.25) is 9.59 Å². The van der Waals surface area contributed by atoms with Crippen LogP contribution in [0.5, 0.6) is 0 Å². The number of carbonyl (C=O) groups is 2. The van der Waals surface area contributed by atoms with Crippen molar-refractivity contribution in [2.24, 2.45) is 0 Å². The van der Waals surface area contributed by atoms with Crippen LogP contribution < -0.4 is 10.6 Å². The maximum Gasteiger partial charge on any atom is 0.253 e. The van der Waals surface area contributed by atoms with Gasteiger partial charge in [0.2, 0.25) is 5.91 Å². The fourth-order valence-corrected chi connectivity index (χ4v) is 2.77. The molecular weight excluding hydrogens is 387 g/mol. The van der Waals surface area contributed by atoms with E-state index in [-0.39, 0.29) is 21.5 Å². The molecule has 0 saturated heterocycles. The Balaban J connectivity index is 1.63. The van der Waals surface area contributed by atoms with Crippen LogP contribution in [0.25, 0.3) is 5.69 Å². The third kappa shape index (κ3) is 4.48. The third-order valence-corrected chi connectivity index (χ3v) is 4.63. The Labute approximate surface area is 166 Å². The first-order valence-corrected chi connectivity index (χ1v) is 8.87. The van der Waals surface area contributed by atoms with Crippen LogP contribution >= 0.6 is 23.2 Å². The van der Waals surface area contributed by atoms with Crippen molar-refractivity contribution in [3.63, 3.8) is 0 Å². The van der Waals surface area contributed by atoms with Gasteiger partial charge in [0.15, 0.2) is 0 Å². The average molecular weight is 403 g/mol. The van der Waals surface area contributed by atoms with E-state index in [0.717, 1.165) is 5.69 Å². The van der Waals surface area contributed by atoms with Crippen LogP contribution in [0.1, 0.15) is 17.3 Å². The monoisotopic (exact) mass is 402 g/mol. The second-order valence-electron chi connectivity index (χ2n) is 5.79. The van der Waals surface area contributed by atoms with E-state index >= 15 is 0 Å². The van der Waals surface area contributed by atoms with E-state index < -0.39 is 11.9 Å². The van der Waals surface area contributed by atoms with Crippen molar-refractivity contribution in [3.05, 3.63) is 76.5 Å². The number of halogens is 2. The zero-order valence-electron chi connectivity index (χ0n) is 14.3. The minimum atomic E-state index is -0.785. The summed E-state index contributed by atoms with van der Waals surface area (Å²) in [7, 11) is 0. The number of anilines is 1. The molecule has 0 saturated carbocycles. The first-order chi connectivity index (χ1) is 13.0. The van der Waals surface area contributed by atoms with Crippen molar-refractivity contribution in [1.82, 2.24) is 15.1 Å². The highest BCUT2D eigenvalue weighted by atomic mass is 35.5. The largest absolute Gasteiger partial charge is 0.340 e. The molecule has 27 heavy (non-hydrogen) atoms. The number of rotatable bonds is 5. The highest BCUT2D eigenvalue weighted by Crippen LogP contribution is 2.25. The lowest BCUT2D eigenvalue weighted by molar-refractivity contribution is -0.117. The number of carbonyl (C=O) groups excluding carboxylic acids is 2. The number of nitrogens with zero attached hydrogens (tertiary/aromatic N) is 2. The summed E-state index contributed by atoms with van der Waals surface area (Å²) >= 11 is 12.0. The maximum atomic E-state index is 12.4. The standard InChI is InChI=1S/C19H16Cl2N4O2/c1-12(23-19(27)15-8-5-9-16(20)17(15)21)18(26)24-13-10-22-25(11-13)14-6-3-2-4-7-14/h2-12H,1H3,(H,23,27)(H,24,26). The number of para-hydroxylation sites is 1. The second-order valence-corrected chi connectivity index (χ2v) is 6.58. The van der Waals surface area contributed by atoms with Gasteiger partial charge >= 0.3 is 0 Å². The number of aromatic nitrogens is 2. The molecule has 1 aromatic heterocycles. The van der Waals surface area contributed by atoms with E-state index in [1.54, 1.807) is 29.9 Å². The summed E-state index contributed by atoms with van der Waals surface area (Å²) in [6.07, 6.45) is 3.23. The first kappa shape index (κ1) is 18.9. The smallest absolute Gasteiger partial charge is 0.253 e. The SMILES string of the molecule is CC(NC(=O)c1cccc(Cl)c1Cl)C(=O)Nc1cnn(-c2ccccc2)c1. The molecule has 0 fully saturated rings. The van der Waals surface area contributed by atoms with Crippen LogP contribution in [0, 0.1) is 0 Å². The highest BCUT2D eigenvalue weighted by molar-refractivity contribution is 6.43. The molecule has 138 valence electrons. The number of amides is 2. The molecule has 0 aliphatic carbocycles. The molecule has 2 amide bonds. The van der Waals surface area contributed by atoms with Crippen molar-refractivity contribution < 1.29 is 9.59 Å². The van der Waals surface area contributed by atoms with Crippen LogP contribution in [0.2, 0.25) is 10.0 Å². The van der Waals surface area contributed by atoms with Gasteiger partial charge in [-0.25, -0.2) is 4.68 Å². The van der Waals surface area contributed by atoms with E-state index in [4.69, 9.17) is 23.2 Å². The molecule has 6 nitrogen and oxygen atoms in total. The molecular formula is C19H16Cl2N4O2. The van der Waals surface area contributed by atoms with Crippen LogP contribution in [-0.4, -0.2) is 27.6 Å². The van der Waals surface area contributed by atoms with Gasteiger partial charge in [-0.2, -0.15) is 5.10 Å². The van der Waals surface area contributed by atoms with Crippen LogP contribution in [0.3, 0.4) is 0 Å². The van der Waals surface area contributed by atoms with Gasteiger partial charge in [-0.1, -0.05) is 47.5 Å². The predicted octanol–water partition coefficient (Wildman–Crippen LogP) is 3.94. The van der Waals surface area contributed by atoms with Crippen molar-refractivity contribution >= 4 is 40.7 Å². The van der Waals surface area contributed by atoms with E-state index in [1.807, 2.05) is 30.3 Å². The molecule has 1 atom stereocenters. The fraction of sp³-hybridized carbons (Fsp3) is 0.105. The average Bonchev–Trinajstić information content (AvgIpc) is 3.13. The summed E-state index contributed by atoms with van der Waals surface area (Å²) in [6, 6.07) is 13.5. The van der Waals surface area contributed by atoms with Crippen molar-refractivity contribution in [3.8, 4) is 5.69 Å². The van der Waals surface area contributed by atoms with Gasteiger partial charge in [0.05, 0.1) is 39.4 Å². The van der Waals surface area contributed by atoms with Gasteiger partial charge in [0.1, 0.15) is 6.04 Å². The van der Waals surface area contributed by atoms with Crippen molar-refractivity contribution in [2.45, 2.75) is 13.0 Å². The maximum absolute atomic E-state index is 12.4. The van der Waals surface area contributed by atoms with Crippen molar-refractivity contribution in [2.75, 3.05) is 5.32 Å². The normalized spacial score (nSPS) is 11.7. The Morgan fingerprint density at radius 3 is 2.56 bits per heavy atom. The fourth-order valence-electron chi connectivity index (χ4n) is 2.38. The third-order valence-electron chi connectivity index (χ3n) is 3.81. The quantitative estimate of drug-likeness (QED) is 0.678. The number of hydrogen-bond donors (Lipinski definition) is 2. The Hall–Kier alpha value is -2.83. The molecule has 8 heteroatoms. The van der Waals surface area contributed by atoms with Crippen LogP contribution in [0.15, 0.2) is 60.9 Å². The molecule has 0 aliphatic rings. The number of hydrogen-bond acceptors (Lipinski definition) is 3. The Bertz CT molecular complexity index is 973. The van der Waals surface area contributed by atoms with Gasteiger partial charge in [0, 0.05) is 0 Å². The van der Waals surface area contributed by atoms with Gasteiger partial charge < -0.3 is 10.6 Å². The van der Waals surface area contributed by atoms with E-state index in [0.29, 0.717) is 5.69 Å². The molecule has 3 rings (SSSR count). The summed E-state index contributed by atoms with van der Waals surface area (Å²) in [6.45, 7) is 1.58. The molecule has 3 aromatic rings.